The van der Waals surface area contributed by atoms with E-state index in [1.807, 2.05) is 0 Å². The third kappa shape index (κ3) is 1.33. The van der Waals surface area contributed by atoms with Crippen LogP contribution in [-0.2, 0) is 5.88 Å². The van der Waals surface area contributed by atoms with Crippen LogP contribution in [0.5, 0.6) is 11.5 Å². The number of hydrogen-bond donors (Lipinski definition) is 2. The molecule has 1 aromatic rings. The summed E-state index contributed by atoms with van der Waals surface area (Å²) in [6.45, 7) is 0. The van der Waals surface area contributed by atoms with Crippen molar-refractivity contribution in [2.75, 3.05) is 0 Å². The van der Waals surface area contributed by atoms with E-state index in [0.29, 0.717) is 5.56 Å². The summed E-state index contributed by atoms with van der Waals surface area (Å²) in [5, 5.41) is 17.9. The second-order valence-electron chi connectivity index (χ2n) is 1.95. The topological polar surface area (TPSA) is 40.5 Å². The van der Waals surface area contributed by atoms with Gasteiger partial charge in [-0.25, -0.2) is 0 Å². The molecule has 0 aromatic heterocycles. The summed E-state index contributed by atoms with van der Waals surface area (Å²) in [7, 11) is 0. The van der Waals surface area contributed by atoms with Crippen molar-refractivity contribution >= 4 is 11.6 Å². The number of phenolic OH excluding ortho intramolecular Hbond substituents is 2. The van der Waals surface area contributed by atoms with E-state index >= 15 is 0 Å². The highest BCUT2D eigenvalue weighted by molar-refractivity contribution is 6.17. The van der Waals surface area contributed by atoms with Crippen molar-refractivity contribution in [1.82, 2.24) is 0 Å². The van der Waals surface area contributed by atoms with Gasteiger partial charge in [0.25, 0.3) is 0 Å². The molecule has 0 aliphatic carbocycles. The second kappa shape index (κ2) is 2.80. The lowest BCUT2D eigenvalue weighted by atomic mass is 10.2. The van der Waals surface area contributed by atoms with Gasteiger partial charge in [0, 0.05) is 11.6 Å². The maximum atomic E-state index is 9.05. The quantitative estimate of drug-likeness (QED) is 0.613. The first-order chi connectivity index (χ1) is 4.74. The predicted molar refractivity (Wildman–Crippen MR) is 39.3 cm³/mol. The van der Waals surface area contributed by atoms with E-state index in [-0.39, 0.29) is 17.4 Å². The maximum absolute atomic E-state index is 9.05. The van der Waals surface area contributed by atoms with E-state index in [9.17, 15) is 0 Å². The Morgan fingerprint density at radius 2 is 2.00 bits per heavy atom. The van der Waals surface area contributed by atoms with Crippen LogP contribution in [-0.4, -0.2) is 10.2 Å². The molecule has 3 heteroatoms. The van der Waals surface area contributed by atoms with Crippen molar-refractivity contribution in [3.8, 4) is 11.5 Å². The Morgan fingerprint density at radius 3 is 2.50 bits per heavy atom. The molecule has 0 aliphatic heterocycles. The Kier molecular flexibility index (Phi) is 2.02. The summed E-state index contributed by atoms with van der Waals surface area (Å²) in [6, 6.07) is 4.33. The summed E-state index contributed by atoms with van der Waals surface area (Å²) in [6.07, 6.45) is 0. The van der Waals surface area contributed by atoms with Crippen LogP contribution in [0.1, 0.15) is 5.56 Å². The van der Waals surface area contributed by atoms with Crippen LogP contribution in [0, 0.1) is 0 Å². The highest BCUT2D eigenvalue weighted by Gasteiger charge is 1.98. The van der Waals surface area contributed by atoms with Gasteiger partial charge in [0.2, 0.25) is 0 Å². The smallest absolute Gasteiger partial charge is 0.123 e. The zero-order valence-electron chi connectivity index (χ0n) is 5.21. The molecule has 2 N–H and O–H groups in total. The monoisotopic (exact) mass is 158 g/mol. The minimum absolute atomic E-state index is 0.0370. The number of hydrogen-bond acceptors (Lipinski definition) is 2. The summed E-state index contributed by atoms with van der Waals surface area (Å²) < 4.78 is 0. The zero-order chi connectivity index (χ0) is 7.56. The normalized spacial score (nSPS) is 9.70. The standard InChI is InChI=1S/C7H7ClO2/c8-4-5-1-2-6(9)3-7(5)10/h1-3,9-10H,4H2. The Bertz CT molecular complexity index is 235. The fourth-order valence-electron chi connectivity index (χ4n) is 0.665. The molecule has 0 atom stereocenters. The molecule has 0 unspecified atom stereocenters. The predicted octanol–water partition coefficient (Wildman–Crippen LogP) is 1.84. The molecule has 0 saturated carbocycles. The number of phenols is 2. The van der Waals surface area contributed by atoms with E-state index in [0.717, 1.165) is 0 Å². The number of rotatable bonds is 1. The van der Waals surface area contributed by atoms with Crippen molar-refractivity contribution in [1.29, 1.82) is 0 Å². The third-order valence-corrected chi connectivity index (χ3v) is 1.50. The van der Waals surface area contributed by atoms with Crippen LogP contribution in [0.3, 0.4) is 0 Å². The van der Waals surface area contributed by atoms with Gasteiger partial charge < -0.3 is 10.2 Å². The van der Waals surface area contributed by atoms with Crippen LogP contribution in [0.25, 0.3) is 0 Å². The Hall–Kier alpha value is -0.890. The van der Waals surface area contributed by atoms with Gasteiger partial charge in [-0.2, -0.15) is 0 Å². The lowest BCUT2D eigenvalue weighted by molar-refractivity contribution is 0.447. The Morgan fingerprint density at radius 1 is 1.30 bits per heavy atom. The minimum atomic E-state index is 0.0370. The summed E-state index contributed by atoms with van der Waals surface area (Å²) >= 11 is 5.44. The van der Waals surface area contributed by atoms with Gasteiger partial charge in [0.05, 0.1) is 5.88 Å². The first-order valence-electron chi connectivity index (χ1n) is 2.81. The average Bonchev–Trinajstić information content (AvgIpc) is 1.88. The van der Waals surface area contributed by atoms with Gasteiger partial charge in [0.15, 0.2) is 0 Å². The molecular weight excluding hydrogens is 152 g/mol. The molecule has 1 rings (SSSR count). The first kappa shape index (κ1) is 7.22. The second-order valence-corrected chi connectivity index (χ2v) is 2.21. The largest absolute Gasteiger partial charge is 0.508 e. The molecule has 0 heterocycles. The van der Waals surface area contributed by atoms with Gasteiger partial charge in [-0.05, 0) is 6.07 Å². The Labute approximate surface area is 63.7 Å². The molecule has 0 fully saturated rings. The molecule has 0 radical (unpaired) electrons. The number of alkyl halides is 1. The average molecular weight is 159 g/mol. The van der Waals surface area contributed by atoms with Crippen LogP contribution < -0.4 is 0 Å². The fourth-order valence-corrected chi connectivity index (χ4v) is 0.891. The van der Waals surface area contributed by atoms with Crippen LogP contribution >= 0.6 is 11.6 Å². The van der Waals surface area contributed by atoms with Gasteiger partial charge >= 0.3 is 0 Å². The fraction of sp³-hybridized carbons (Fsp3) is 0.143. The van der Waals surface area contributed by atoms with Crippen molar-refractivity contribution < 1.29 is 10.2 Å². The van der Waals surface area contributed by atoms with Crippen LogP contribution in [0.2, 0.25) is 0 Å². The SMILES string of the molecule is Oc1ccc(CCl)c(O)c1. The van der Waals surface area contributed by atoms with Crippen LogP contribution in [0.15, 0.2) is 18.2 Å². The first-order valence-corrected chi connectivity index (χ1v) is 3.34. The van der Waals surface area contributed by atoms with Crippen molar-refractivity contribution in [3.63, 3.8) is 0 Å². The van der Waals surface area contributed by atoms with Crippen molar-refractivity contribution in [3.05, 3.63) is 23.8 Å². The maximum Gasteiger partial charge on any atom is 0.123 e. The molecule has 0 amide bonds. The lowest BCUT2D eigenvalue weighted by Crippen LogP contribution is -1.77. The van der Waals surface area contributed by atoms with Crippen molar-refractivity contribution in [2.24, 2.45) is 0 Å². The van der Waals surface area contributed by atoms with Gasteiger partial charge in [0.1, 0.15) is 11.5 Å². The Balaban J connectivity index is 3.07. The number of halogens is 1. The van der Waals surface area contributed by atoms with E-state index in [4.69, 9.17) is 21.8 Å². The summed E-state index contributed by atoms with van der Waals surface area (Å²) in [4.78, 5) is 0. The molecule has 54 valence electrons. The zero-order valence-corrected chi connectivity index (χ0v) is 5.97. The summed E-state index contributed by atoms with van der Waals surface area (Å²) in [5.74, 6) is 0.341. The van der Waals surface area contributed by atoms with E-state index < -0.39 is 0 Å². The molecule has 0 bridgehead atoms. The lowest BCUT2D eigenvalue weighted by Gasteiger charge is -1.98. The summed E-state index contributed by atoms with van der Waals surface area (Å²) in [5.41, 5.74) is 0.625. The van der Waals surface area contributed by atoms with E-state index in [1.165, 1.54) is 12.1 Å². The number of aromatic hydroxyl groups is 2. The highest BCUT2D eigenvalue weighted by atomic mass is 35.5. The molecule has 1 aromatic carbocycles. The minimum Gasteiger partial charge on any atom is -0.508 e. The van der Waals surface area contributed by atoms with Gasteiger partial charge in [-0.3, -0.25) is 0 Å². The highest BCUT2D eigenvalue weighted by Crippen LogP contribution is 2.23. The van der Waals surface area contributed by atoms with Crippen molar-refractivity contribution in [2.45, 2.75) is 5.88 Å². The molecule has 0 spiro atoms. The molecule has 10 heavy (non-hydrogen) atoms. The van der Waals surface area contributed by atoms with Crippen LogP contribution in [0.4, 0.5) is 0 Å². The van der Waals surface area contributed by atoms with E-state index in [1.54, 1.807) is 6.07 Å². The molecule has 0 aliphatic rings. The molecule has 0 saturated heterocycles. The third-order valence-electron chi connectivity index (χ3n) is 1.21. The van der Waals surface area contributed by atoms with E-state index in [2.05, 4.69) is 0 Å². The molecular formula is C7H7ClO2. The molecule has 2 nitrogen and oxygen atoms in total. The van der Waals surface area contributed by atoms with Gasteiger partial charge in [-0.1, -0.05) is 6.07 Å². The number of benzene rings is 1. The van der Waals surface area contributed by atoms with Gasteiger partial charge in [-0.15, -0.1) is 11.6 Å².